The zero-order valence-corrected chi connectivity index (χ0v) is 9.95. The fraction of sp³-hybridized carbons (Fsp3) is 0.154. The van der Waals surface area contributed by atoms with Crippen LogP contribution in [0, 0.1) is 0 Å². The molecule has 2 N–H and O–H groups in total. The highest BCUT2D eigenvalue weighted by Crippen LogP contribution is 2.26. The number of rotatable bonds is 3. The first kappa shape index (κ1) is 11.2. The van der Waals surface area contributed by atoms with Crippen molar-refractivity contribution in [1.82, 2.24) is 4.98 Å². The van der Waals surface area contributed by atoms with Crippen LogP contribution < -0.4 is 5.73 Å². The number of nitrogens with two attached hydrogens (primary N) is 1. The Bertz CT molecular complexity index is 454. The van der Waals surface area contributed by atoms with E-state index in [1.54, 1.807) is 11.8 Å². The molecule has 0 saturated carbocycles. The van der Waals surface area contributed by atoms with Gasteiger partial charge in [0.2, 0.25) is 0 Å². The summed E-state index contributed by atoms with van der Waals surface area (Å²) >= 11 is 1.65. The van der Waals surface area contributed by atoms with E-state index in [1.807, 2.05) is 43.5 Å². The number of pyridine rings is 1. The Balaban J connectivity index is 2.19. The van der Waals surface area contributed by atoms with Crippen molar-refractivity contribution in [3.05, 3.63) is 54.2 Å². The van der Waals surface area contributed by atoms with Crippen molar-refractivity contribution in [3.8, 4) is 0 Å². The highest BCUT2D eigenvalue weighted by molar-refractivity contribution is 7.99. The molecular formula is C13H14N2S. The topological polar surface area (TPSA) is 38.9 Å². The zero-order valence-electron chi connectivity index (χ0n) is 9.13. The van der Waals surface area contributed by atoms with Gasteiger partial charge in [-0.2, -0.15) is 0 Å². The van der Waals surface area contributed by atoms with Crippen molar-refractivity contribution in [3.63, 3.8) is 0 Å². The van der Waals surface area contributed by atoms with E-state index in [9.17, 15) is 0 Å². The highest BCUT2D eigenvalue weighted by atomic mass is 32.2. The summed E-state index contributed by atoms with van der Waals surface area (Å²) in [6, 6.07) is 14.3. The van der Waals surface area contributed by atoms with Gasteiger partial charge >= 0.3 is 0 Å². The molecule has 1 heterocycles. The summed E-state index contributed by atoms with van der Waals surface area (Å²) in [4.78, 5) is 5.52. The third kappa shape index (κ3) is 2.84. The molecule has 3 heteroatoms. The summed E-state index contributed by atoms with van der Waals surface area (Å²) in [6.07, 6.45) is 1.81. The fourth-order valence-electron chi connectivity index (χ4n) is 1.37. The van der Waals surface area contributed by atoms with E-state index in [4.69, 9.17) is 5.73 Å². The quantitative estimate of drug-likeness (QED) is 0.879. The second kappa shape index (κ2) is 5.14. The predicted octanol–water partition coefficient (Wildman–Crippen LogP) is 3.25. The minimum atomic E-state index is 0.0538. The minimum absolute atomic E-state index is 0.0538. The smallest absolute Gasteiger partial charge is 0.101 e. The largest absolute Gasteiger partial charge is 0.324 e. The summed E-state index contributed by atoms with van der Waals surface area (Å²) in [6.45, 7) is 1.98. The van der Waals surface area contributed by atoms with Crippen molar-refractivity contribution >= 4 is 11.8 Å². The molecule has 0 spiro atoms. The molecule has 0 aliphatic heterocycles. The number of nitrogens with zero attached hydrogens (tertiary/aromatic N) is 1. The van der Waals surface area contributed by atoms with E-state index in [2.05, 4.69) is 17.1 Å². The Morgan fingerprint density at radius 1 is 1.19 bits per heavy atom. The first-order valence-corrected chi connectivity index (χ1v) is 6.02. The van der Waals surface area contributed by atoms with E-state index in [0.717, 1.165) is 10.6 Å². The van der Waals surface area contributed by atoms with Crippen LogP contribution in [0.15, 0.2) is 58.6 Å². The Hall–Kier alpha value is -1.32. The van der Waals surface area contributed by atoms with Gasteiger partial charge in [0.05, 0.1) is 0 Å². The van der Waals surface area contributed by atoms with Gasteiger partial charge in [-0.15, -0.1) is 0 Å². The monoisotopic (exact) mass is 230 g/mol. The Kier molecular flexibility index (Phi) is 3.59. The van der Waals surface area contributed by atoms with E-state index in [-0.39, 0.29) is 6.04 Å². The molecular weight excluding hydrogens is 216 g/mol. The molecule has 82 valence electrons. The van der Waals surface area contributed by atoms with Crippen LogP contribution >= 0.6 is 11.8 Å². The average molecular weight is 230 g/mol. The lowest BCUT2D eigenvalue weighted by molar-refractivity contribution is 0.808. The van der Waals surface area contributed by atoms with Crippen LogP contribution in [-0.4, -0.2) is 4.98 Å². The van der Waals surface area contributed by atoms with Crippen LogP contribution in [0.3, 0.4) is 0 Å². The van der Waals surface area contributed by atoms with Crippen molar-refractivity contribution in [2.45, 2.75) is 22.9 Å². The van der Waals surface area contributed by atoms with Crippen LogP contribution in [0.2, 0.25) is 0 Å². The first-order valence-electron chi connectivity index (χ1n) is 5.20. The number of hydrogen-bond acceptors (Lipinski definition) is 3. The SMILES string of the molecule is C[C@H](N)c1ccnc(Sc2ccccc2)c1. The van der Waals surface area contributed by atoms with Crippen molar-refractivity contribution in [1.29, 1.82) is 0 Å². The summed E-state index contributed by atoms with van der Waals surface area (Å²) in [5.74, 6) is 0. The van der Waals surface area contributed by atoms with Gasteiger partial charge < -0.3 is 5.73 Å². The minimum Gasteiger partial charge on any atom is -0.324 e. The third-order valence-electron chi connectivity index (χ3n) is 2.25. The van der Waals surface area contributed by atoms with Crippen LogP contribution in [-0.2, 0) is 0 Å². The maximum atomic E-state index is 5.84. The lowest BCUT2D eigenvalue weighted by atomic mass is 10.1. The Labute approximate surface area is 99.9 Å². The van der Waals surface area contributed by atoms with Crippen LogP contribution in [0.4, 0.5) is 0 Å². The molecule has 0 saturated heterocycles. The molecule has 1 aromatic carbocycles. The number of aromatic nitrogens is 1. The van der Waals surface area contributed by atoms with E-state index >= 15 is 0 Å². The summed E-state index contributed by atoms with van der Waals surface area (Å²) in [5.41, 5.74) is 6.96. The van der Waals surface area contributed by atoms with Gasteiger partial charge in [-0.1, -0.05) is 30.0 Å². The summed E-state index contributed by atoms with van der Waals surface area (Å²) in [5, 5.41) is 0.987. The number of hydrogen-bond donors (Lipinski definition) is 1. The van der Waals surface area contributed by atoms with Gasteiger partial charge in [0, 0.05) is 17.1 Å². The molecule has 0 unspecified atom stereocenters. The molecule has 0 radical (unpaired) electrons. The lowest BCUT2D eigenvalue weighted by Crippen LogP contribution is -2.04. The van der Waals surface area contributed by atoms with Gasteiger partial charge in [0.15, 0.2) is 0 Å². The Morgan fingerprint density at radius 2 is 1.94 bits per heavy atom. The molecule has 2 nitrogen and oxygen atoms in total. The fourth-order valence-corrected chi connectivity index (χ4v) is 2.22. The summed E-state index contributed by atoms with van der Waals surface area (Å²) < 4.78 is 0. The second-order valence-electron chi connectivity index (χ2n) is 3.63. The van der Waals surface area contributed by atoms with Crippen molar-refractivity contribution in [2.75, 3.05) is 0 Å². The maximum absolute atomic E-state index is 5.84. The highest BCUT2D eigenvalue weighted by Gasteiger charge is 2.02. The first-order chi connectivity index (χ1) is 7.75. The van der Waals surface area contributed by atoms with Gasteiger partial charge in [0.25, 0.3) is 0 Å². The van der Waals surface area contributed by atoms with Crippen molar-refractivity contribution < 1.29 is 0 Å². The predicted molar refractivity (Wildman–Crippen MR) is 67.4 cm³/mol. The van der Waals surface area contributed by atoms with Crippen LogP contribution in [0.1, 0.15) is 18.5 Å². The normalized spacial score (nSPS) is 12.4. The maximum Gasteiger partial charge on any atom is 0.101 e. The third-order valence-corrected chi connectivity index (χ3v) is 3.19. The van der Waals surface area contributed by atoms with Gasteiger partial charge in [-0.05, 0) is 36.8 Å². The molecule has 16 heavy (non-hydrogen) atoms. The van der Waals surface area contributed by atoms with E-state index < -0.39 is 0 Å². The summed E-state index contributed by atoms with van der Waals surface area (Å²) in [7, 11) is 0. The molecule has 0 amide bonds. The molecule has 0 fully saturated rings. The van der Waals surface area contributed by atoms with Crippen molar-refractivity contribution in [2.24, 2.45) is 5.73 Å². The Morgan fingerprint density at radius 3 is 2.62 bits per heavy atom. The standard InChI is InChI=1S/C13H14N2S/c1-10(14)11-7-8-15-13(9-11)16-12-5-3-2-4-6-12/h2-10H,14H2,1H3/t10-/m0/s1. The van der Waals surface area contributed by atoms with Crippen LogP contribution in [0.25, 0.3) is 0 Å². The van der Waals surface area contributed by atoms with E-state index in [1.165, 1.54) is 4.90 Å². The average Bonchev–Trinajstić information content (AvgIpc) is 2.30. The lowest BCUT2D eigenvalue weighted by Gasteiger charge is -2.06. The molecule has 0 bridgehead atoms. The van der Waals surface area contributed by atoms with E-state index in [0.29, 0.717) is 0 Å². The van der Waals surface area contributed by atoms with Crippen LogP contribution in [0.5, 0.6) is 0 Å². The van der Waals surface area contributed by atoms with Gasteiger partial charge in [0.1, 0.15) is 5.03 Å². The zero-order chi connectivity index (χ0) is 11.4. The van der Waals surface area contributed by atoms with Gasteiger partial charge in [-0.25, -0.2) is 4.98 Å². The number of benzene rings is 1. The second-order valence-corrected chi connectivity index (χ2v) is 4.73. The molecule has 0 aliphatic rings. The molecule has 2 rings (SSSR count). The molecule has 1 aromatic heterocycles. The molecule has 1 atom stereocenters. The van der Waals surface area contributed by atoms with Gasteiger partial charge in [-0.3, -0.25) is 0 Å². The molecule has 0 aliphatic carbocycles. The molecule has 2 aromatic rings.